The predicted octanol–water partition coefficient (Wildman–Crippen LogP) is 2.73. The number of oxazole rings is 1. The first-order valence-electron chi connectivity index (χ1n) is 6.97. The van der Waals surface area contributed by atoms with Gasteiger partial charge in [0.1, 0.15) is 12.4 Å². The molecule has 1 aliphatic rings. The first kappa shape index (κ1) is 13.0. The van der Waals surface area contributed by atoms with Gasteiger partial charge in [0.25, 0.3) is 6.01 Å². The van der Waals surface area contributed by atoms with Crippen LogP contribution in [0.15, 0.2) is 29.0 Å². The Bertz CT molecular complexity index is 557. The molecule has 1 aliphatic heterocycles. The zero-order chi connectivity index (χ0) is 13.9. The Hall–Kier alpha value is -2.04. The molecule has 0 amide bonds. The second-order valence-corrected chi connectivity index (χ2v) is 5.25. The summed E-state index contributed by atoms with van der Waals surface area (Å²) < 4.78 is 11.3. The molecule has 0 radical (unpaired) electrons. The van der Waals surface area contributed by atoms with Crippen LogP contribution in [-0.4, -0.2) is 29.2 Å². The number of hydrogen-bond donors (Lipinski definition) is 0. The molecule has 0 N–H and O–H groups in total. The monoisotopic (exact) mass is 273 g/mol. The summed E-state index contributed by atoms with van der Waals surface area (Å²) >= 11 is 0. The van der Waals surface area contributed by atoms with E-state index in [-0.39, 0.29) is 6.10 Å². The van der Waals surface area contributed by atoms with E-state index in [0.29, 0.717) is 5.88 Å². The lowest BCUT2D eigenvalue weighted by Gasteiger charge is -2.30. The normalized spacial score (nSPS) is 16.4. The van der Waals surface area contributed by atoms with Crippen LogP contribution in [0.4, 0.5) is 6.01 Å². The van der Waals surface area contributed by atoms with E-state index in [1.807, 2.05) is 32.2 Å². The van der Waals surface area contributed by atoms with Gasteiger partial charge >= 0.3 is 0 Å². The Morgan fingerprint density at radius 1 is 1.25 bits per heavy atom. The fourth-order valence-electron chi connectivity index (χ4n) is 2.35. The Labute approximate surface area is 118 Å². The van der Waals surface area contributed by atoms with Crippen molar-refractivity contribution in [2.24, 2.45) is 0 Å². The van der Waals surface area contributed by atoms with Crippen LogP contribution >= 0.6 is 0 Å². The van der Waals surface area contributed by atoms with Crippen molar-refractivity contribution in [2.45, 2.75) is 32.8 Å². The van der Waals surface area contributed by atoms with Crippen LogP contribution in [0.1, 0.15) is 24.1 Å². The zero-order valence-corrected chi connectivity index (χ0v) is 11.9. The van der Waals surface area contributed by atoms with E-state index in [4.69, 9.17) is 9.15 Å². The molecule has 0 bridgehead atoms. The van der Waals surface area contributed by atoms with Gasteiger partial charge in [0.15, 0.2) is 0 Å². The van der Waals surface area contributed by atoms with E-state index in [1.165, 1.54) is 0 Å². The van der Waals surface area contributed by atoms with E-state index in [9.17, 15) is 0 Å². The summed E-state index contributed by atoms with van der Waals surface area (Å²) in [6, 6.07) is 4.67. The highest BCUT2D eigenvalue weighted by Gasteiger charge is 2.23. The van der Waals surface area contributed by atoms with Crippen LogP contribution in [0.25, 0.3) is 0 Å². The van der Waals surface area contributed by atoms with E-state index in [2.05, 4.69) is 14.9 Å². The number of piperidine rings is 1. The van der Waals surface area contributed by atoms with E-state index >= 15 is 0 Å². The maximum absolute atomic E-state index is 5.91. The molecule has 5 heteroatoms. The second-order valence-electron chi connectivity index (χ2n) is 5.25. The molecular weight excluding hydrogens is 254 g/mol. The molecule has 0 aromatic carbocycles. The third-order valence-corrected chi connectivity index (χ3v) is 3.49. The van der Waals surface area contributed by atoms with Crippen molar-refractivity contribution in [1.29, 1.82) is 0 Å². The molecule has 3 rings (SSSR count). The molecule has 2 aromatic rings. The predicted molar refractivity (Wildman–Crippen MR) is 76.1 cm³/mol. The van der Waals surface area contributed by atoms with Gasteiger partial charge in [-0.25, -0.2) is 4.98 Å². The molecule has 1 fully saturated rings. The van der Waals surface area contributed by atoms with Crippen LogP contribution in [-0.2, 0) is 0 Å². The largest absolute Gasteiger partial charge is 0.474 e. The van der Waals surface area contributed by atoms with E-state index < -0.39 is 0 Å². The van der Waals surface area contributed by atoms with Crippen LogP contribution < -0.4 is 9.64 Å². The highest BCUT2D eigenvalue weighted by molar-refractivity contribution is 5.27. The highest BCUT2D eigenvalue weighted by Crippen LogP contribution is 2.22. The molecular formula is C15H19N3O2. The Kier molecular flexibility index (Phi) is 3.58. The Morgan fingerprint density at radius 3 is 2.65 bits per heavy atom. The molecule has 0 saturated carbocycles. The topological polar surface area (TPSA) is 51.4 Å². The lowest BCUT2D eigenvalue weighted by atomic mass is 10.1. The number of pyridine rings is 1. The highest BCUT2D eigenvalue weighted by atomic mass is 16.5. The smallest absolute Gasteiger partial charge is 0.297 e. The lowest BCUT2D eigenvalue weighted by molar-refractivity contribution is 0.162. The molecule has 3 heterocycles. The molecule has 1 saturated heterocycles. The molecule has 0 aliphatic carbocycles. The van der Waals surface area contributed by atoms with Crippen molar-refractivity contribution >= 4 is 6.01 Å². The first-order chi connectivity index (χ1) is 9.70. The van der Waals surface area contributed by atoms with Gasteiger partial charge in [-0.3, -0.25) is 0 Å². The van der Waals surface area contributed by atoms with Crippen molar-refractivity contribution < 1.29 is 9.15 Å². The van der Waals surface area contributed by atoms with Gasteiger partial charge in [-0.2, -0.15) is 4.98 Å². The van der Waals surface area contributed by atoms with Gasteiger partial charge in [0.2, 0.25) is 5.88 Å². The van der Waals surface area contributed by atoms with Crippen LogP contribution in [0.5, 0.6) is 5.88 Å². The van der Waals surface area contributed by atoms with Gasteiger partial charge < -0.3 is 14.1 Å². The minimum atomic E-state index is 0.220. The summed E-state index contributed by atoms with van der Waals surface area (Å²) in [6.45, 7) is 5.76. The molecule has 106 valence electrons. The third-order valence-electron chi connectivity index (χ3n) is 3.49. The summed E-state index contributed by atoms with van der Waals surface area (Å²) in [5.41, 5.74) is 2.06. The van der Waals surface area contributed by atoms with Gasteiger partial charge in [0.05, 0.1) is 5.69 Å². The number of aromatic nitrogens is 2. The number of rotatable bonds is 3. The fourth-order valence-corrected chi connectivity index (χ4v) is 2.35. The van der Waals surface area contributed by atoms with Crippen molar-refractivity contribution in [2.75, 3.05) is 18.0 Å². The number of aryl methyl sites for hydroxylation is 2. The summed E-state index contributed by atoms with van der Waals surface area (Å²) in [5, 5.41) is 0. The van der Waals surface area contributed by atoms with E-state index in [1.54, 1.807) is 6.26 Å². The maximum Gasteiger partial charge on any atom is 0.297 e. The number of hydrogen-bond acceptors (Lipinski definition) is 5. The maximum atomic E-state index is 5.91. The van der Waals surface area contributed by atoms with Crippen molar-refractivity contribution in [3.63, 3.8) is 0 Å². The number of anilines is 1. The Balaban J connectivity index is 1.54. The quantitative estimate of drug-likeness (QED) is 0.860. The zero-order valence-electron chi connectivity index (χ0n) is 11.9. The van der Waals surface area contributed by atoms with Crippen LogP contribution in [0.3, 0.4) is 0 Å². The van der Waals surface area contributed by atoms with E-state index in [0.717, 1.165) is 43.2 Å². The minimum Gasteiger partial charge on any atom is -0.474 e. The van der Waals surface area contributed by atoms with Gasteiger partial charge in [0, 0.05) is 38.2 Å². The number of ether oxygens (including phenoxy) is 1. The van der Waals surface area contributed by atoms with Crippen molar-refractivity contribution in [3.8, 4) is 5.88 Å². The summed E-state index contributed by atoms with van der Waals surface area (Å²) in [5.74, 6) is 0.709. The molecule has 0 unspecified atom stereocenters. The molecule has 0 spiro atoms. The summed E-state index contributed by atoms with van der Waals surface area (Å²) in [6.07, 6.45) is 5.65. The Morgan fingerprint density at radius 2 is 2.05 bits per heavy atom. The molecule has 20 heavy (non-hydrogen) atoms. The van der Waals surface area contributed by atoms with Gasteiger partial charge in [-0.1, -0.05) is 6.07 Å². The van der Waals surface area contributed by atoms with Crippen LogP contribution in [0.2, 0.25) is 0 Å². The molecule has 0 atom stereocenters. The first-order valence-corrected chi connectivity index (χ1v) is 6.97. The minimum absolute atomic E-state index is 0.220. The average molecular weight is 273 g/mol. The second kappa shape index (κ2) is 5.53. The molecule has 5 nitrogen and oxygen atoms in total. The summed E-state index contributed by atoms with van der Waals surface area (Å²) in [4.78, 5) is 10.8. The lowest BCUT2D eigenvalue weighted by Crippen LogP contribution is -2.38. The van der Waals surface area contributed by atoms with Crippen LogP contribution in [0, 0.1) is 13.8 Å². The van der Waals surface area contributed by atoms with Crippen molar-refractivity contribution in [1.82, 2.24) is 9.97 Å². The SMILES string of the molecule is Cc1ccc(OC2CCN(c3nc(C)co3)CC2)nc1. The molecule has 2 aromatic heterocycles. The average Bonchev–Trinajstić information content (AvgIpc) is 2.89. The van der Waals surface area contributed by atoms with Crippen molar-refractivity contribution in [3.05, 3.63) is 35.9 Å². The fraction of sp³-hybridized carbons (Fsp3) is 0.467. The third kappa shape index (κ3) is 2.92. The van der Waals surface area contributed by atoms with Gasteiger partial charge in [-0.15, -0.1) is 0 Å². The number of nitrogens with zero attached hydrogens (tertiary/aromatic N) is 3. The summed E-state index contributed by atoms with van der Waals surface area (Å²) in [7, 11) is 0. The standard InChI is InChI=1S/C15H19N3O2/c1-11-3-4-14(16-9-11)20-13-5-7-18(8-6-13)15-17-12(2)10-19-15/h3-4,9-10,13H,5-8H2,1-2H3. The van der Waals surface area contributed by atoms with Gasteiger partial charge in [-0.05, 0) is 19.4 Å².